The molecule has 2 saturated carbocycles. The number of rotatable bonds is 8. The fourth-order valence-electron chi connectivity index (χ4n) is 5.85. The first-order valence-electron chi connectivity index (χ1n) is 13.3. The number of ether oxygens (including phenoxy) is 1. The summed E-state index contributed by atoms with van der Waals surface area (Å²) in [6.07, 6.45) is 5.78. The van der Waals surface area contributed by atoms with Crippen LogP contribution in [-0.2, 0) is 33.3 Å². The number of hydrogen-bond acceptors (Lipinski definition) is 6. The molecule has 2 aromatic carbocycles. The van der Waals surface area contributed by atoms with Gasteiger partial charge in [0.2, 0.25) is 5.91 Å². The topological polar surface area (TPSA) is 105 Å². The van der Waals surface area contributed by atoms with E-state index in [-0.39, 0.29) is 30.5 Å². The predicted octanol–water partition coefficient (Wildman–Crippen LogP) is 4.11. The Balaban J connectivity index is 1.51. The molecule has 196 valence electrons. The van der Waals surface area contributed by atoms with E-state index in [9.17, 15) is 14.4 Å². The van der Waals surface area contributed by atoms with Gasteiger partial charge in [0.05, 0.1) is 34.8 Å². The van der Waals surface area contributed by atoms with Crippen LogP contribution >= 0.6 is 0 Å². The highest BCUT2D eigenvalue weighted by molar-refractivity contribution is 5.95. The van der Waals surface area contributed by atoms with Crippen molar-refractivity contribution < 1.29 is 14.3 Å². The highest BCUT2D eigenvalue weighted by Gasteiger charge is 2.54. The molecule has 1 heterocycles. The number of benzene rings is 2. The number of nitriles is 1. The molecule has 3 aromatic rings. The van der Waals surface area contributed by atoms with Crippen LogP contribution in [0.2, 0.25) is 0 Å². The molecule has 2 fully saturated rings. The Morgan fingerprint density at radius 1 is 1.16 bits per heavy atom. The number of hydrogen-bond donors (Lipinski definition) is 0. The van der Waals surface area contributed by atoms with Gasteiger partial charge >= 0.3 is 5.97 Å². The number of aryl methyl sites for hydroxylation is 1. The molecule has 38 heavy (non-hydrogen) atoms. The van der Waals surface area contributed by atoms with Crippen molar-refractivity contribution in [1.29, 1.82) is 5.26 Å². The quantitative estimate of drug-likeness (QED) is 0.332. The van der Waals surface area contributed by atoms with E-state index < -0.39 is 11.5 Å². The zero-order valence-electron chi connectivity index (χ0n) is 21.9. The lowest BCUT2D eigenvalue weighted by Gasteiger charge is -2.37. The van der Waals surface area contributed by atoms with E-state index in [0.717, 1.165) is 55.2 Å². The SMILES string of the molecule is CCOC(=O)CC(=O)N(C1CCCC1)C1(c2ccc3c(c2)nc(Cc2ccc(C#N)cc2)c(=O)n3C)CC1. The molecule has 0 aliphatic heterocycles. The second-order valence-corrected chi connectivity index (χ2v) is 10.3. The molecule has 8 heteroatoms. The minimum absolute atomic E-state index is 0.107. The van der Waals surface area contributed by atoms with Crippen molar-refractivity contribution in [2.45, 2.75) is 69.9 Å². The Labute approximate surface area is 221 Å². The van der Waals surface area contributed by atoms with Gasteiger partial charge in [-0.2, -0.15) is 5.26 Å². The predicted molar refractivity (Wildman–Crippen MR) is 142 cm³/mol. The molecule has 5 rings (SSSR count). The molecular weight excluding hydrogens is 480 g/mol. The van der Waals surface area contributed by atoms with E-state index in [0.29, 0.717) is 23.2 Å². The van der Waals surface area contributed by atoms with Crippen LogP contribution in [0.5, 0.6) is 0 Å². The summed E-state index contributed by atoms with van der Waals surface area (Å²) < 4.78 is 6.69. The van der Waals surface area contributed by atoms with Crippen LogP contribution in [0.25, 0.3) is 11.0 Å². The van der Waals surface area contributed by atoms with Gasteiger partial charge in [0.1, 0.15) is 12.1 Å². The molecule has 1 aromatic heterocycles. The van der Waals surface area contributed by atoms with Crippen molar-refractivity contribution in [2.24, 2.45) is 7.05 Å². The molecule has 0 saturated heterocycles. The first kappa shape index (κ1) is 25.7. The van der Waals surface area contributed by atoms with Crippen LogP contribution in [0.3, 0.4) is 0 Å². The Morgan fingerprint density at radius 3 is 2.50 bits per heavy atom. The maximum absolute atomic E-state index is 13.5. The van der Waals surface area contributed by atoms with Crippen LogP contribution in [0, 0.1) is 11.3 Å². The average Bonchev–Trinajstić information content (AvgIpc) is 3.52. The van der Waals surface area contributed by atoms with Crippen LogP contribution in [0.15, 0.2) is 47.3 Å². The summed E-state index contributed by atoms with van der Waals surface area (Å²) in [7, 11) is 1.74. The smallest absolute Gasteiger partial charge is 0.315 e. The third kappa shape index (κ3) is 4.81. The lowest BCUT2D eigenvalue weighted by Crippen LogP contribution is -2.47. The summed E-state index contributed by atoms with van der Waals surface area (Å²) >= 11 is 0. The number of nitrogens with zero attached hydrogens (tertiary/aromatic N) is 4. The van der Waals surface area contributed by atoms with Gasteiger partial charge in [-0.1, -0.05) is 31.0 Å². The van der Waals surface area contributed by atoms with Gasteiger partial charge < -0.3 is 14.2 Å². The standard InChI is InChI=1S/C30H32N4O4/c1-3-38-28(36)18-27(35)34(23-6-4-5-7-23)30(14-15-30)22-12-13-26-24(17-22)32-25(29(37)33(26)2)16-20-8-10-21(19-31)11-9-20/h8-13,17,23H,3-7,14-16,18H2,1-2H3. The number of fused-ring (bicyclic) bond motifs is 1. The number of amides is 1. The summed E-state index contributed by atoms with van der Waals surface area (Å²) in [5.74, 6) is -0.665. The highest BCUT2D eigenvalue weighted by Crippen LogP contribution is 2.54. The molecular formula is C30H32N4O4. The fourth-order valence-corrected chi connectivity index (χ4v) is 5.85. The lowest BCUT2D eigenvalue weighted by atomic mass is 9.98. The minimum atomic E-state index is -0.487. The van der Waals surface area contributed by atoms with Crippen LogP contribution in [0.1, 0.15) is 74.3 Å². The molecule has 0 radical (unpaired) electrons. The third-order valence-corrected chi connectivity index (χ3v) is 7.88. The summed E-state index contributed by atoms with van der Waals surface area (Å²) in [4.78, 5) is 45.5. The Hall–Kier alpha value is -3.99. The van der Waals surface area contributed by atoms with Crippen molar-refractivity contribution in [3.8, 4) is 6.07 Å². The highest BCUT2D eigenvalue weighted by atomic mass is 16.5. The molecule has 0 atom stereocenters. The summed E-state index contributed by atoms with van der Waals surface area (Å²) in [5, 5.41) is 9.06. The van der Waals surface area contributed by atoms with Crippen molar-refractivity contribution >= 4 is 22.9 Å². The molecule has 2 aliphatic carbocycles. The summed E-state index contributed by atoms with van der Waals surface area (Å²) in [5.41, 5.74) is 3.69. The molecule has 0 N–H and O–H groups in total. The Morgan fingerprint density at radius 2 is 1.87 bits per heavy atom. The number of carbonyl (C=O) groups is 2. The molecule has 0 unspecified atom stereocenters. The second kappa shape index (κ2) is 10.4. The zero-order valence-corrected chi connectivity index (χ0v) is 21.9. The van der Waals surface area contributed by atoms with Crippen LogP contribution in [0.4, 0.5) is 0 Å². The van der Waals surface area contributed by atoms with Crippen molar-refractivity contribution in [3.05, 3.63) is 75.2 Å². The molecule has 0 bridgehead atoms. The van der Waals surface area contributed by atoms with Gasteiger partial charge in [0.25, 0.3) is 5.56 Å². The molecule has 0 spiro atoms. The maximum atomic E-state index is 13.5. The van der Waals surface area contributed by atoms with Gasteiger partial charge in [-0.3, -0.25) is 14.4 Å². The van der Waals surface area contributed by atoms with Crippen LogP contribution < -0.4 is 5.56 Å². The van der Waals surface area contributed by atoms with Gasteiger partial charge in [-0.15, -0.1) is 0 Å². The van der Waals surface area contributed by atoms with E-state index in [2.05, 4.69) is 6.07 Å². The fraction of sp³-hybridized carbons (Fsp3) is 0.433. The molecule has 2 aliphatic rings. The third-order valence-electron chi connectivity index (χ3n) is 7.88. The maximum Gasteiger partial charge on any atom is 0.315 e. The van der Waals surface area contributed by atoms with Crippen molar-refractivity contribution in [2.75, 3.05) is 6.61 Å². The second-order valence-electron chi connectivity index (χ2n) is 10.3. The zero-order chi connectivity index (χ0) is 26.9. The minimum Gasteiger partial charge on any atom is -0.466 e. The number of esters is 1. The van der Waals surface area contributed by atoms with Crippen LogP contribution in [-0.4, -0.2) is 39.0 Å². The Bertz CT molecular complexity index is 1480. The van der Waals surface area contributed by atoms with Crippen molar-refractivity contribution in [3.63, 3.8) is 0 Å². The summed E-state index contributed by atoms with van der Waals surface area (Å²) in [6, 6.07) is 15.3. The van der Waals surface area contributed by atoms with E-state index in [1.54, 1.807) is 30.7 Å². The largest absolute Gasteiger partial charge is 0.466 e. The van der Waals surface area contributed by atoms with Gasteiger partial charge in [0.15, 0.2) is 0 Å². The van der Waals surface area contributed by atoms with E-state index in [1.807, 2.05) is 35.2 Å². The first-order valence-corrected chi connectivity index (χ1v) is 13.3. The average molecular weight is 513 g/mol. The van der Waals surface area contributed by atoms with Gasteiger partial charge in [-0.05, 0) is 68.0 Å². The molecule has 1 amide bonds. The lowest BCUT2D eigenvalue weighted by molar-refractivity contribution is -0.151. The van der Waals surface area contributed by atoms with E-state index in [1.165, 1.54) is 0 Å². The Kier molecular flexibility index (Phi) is 7.02. The van der Waals surface area contributed by atoms with Crippen molar-refractivity contribution in [1.82, 2.24) is 14.5 Å². The van der Waals surface area contributed by atoms with E-state index in [4.69, 9.17) is 15.0 Å². The monoisotopic (exact) mass is 512 g/mol. The first-order chi connectivity index (χ1) is 18.4. The normalized spacial score (nSPS) is 16.2. The van der Waals surface area contributed by atoms with E-state index >= 15 is 0 Å². The number of carbonyl (C=O) groups excluding carboxylic acids is 2. The van der Waals surface area contributed by atoms with Gasteiger partial charge in [-0.25, -0.2) is 4.98 Å². The summed E-state index contributed by atoms with van der Waals surface area (Å²) in [6.45, 7) is 1.99. The number of aromatic nitrogens is 2. The molecule has 8 nitrogen and oxygen atoms in total. The van der Waals surface area contributed by atoms with Gasteiger partial charge in [0, 0.05) is 19.5 Å².